The van der Waals surface area contributed by atoms with Crippen LogP contribution in [0.4, 0.5) is 4.79 Å². The van der Waals surface area contributed by atoms with Gasteiger partial charge < -0.3 is 8.92 Å². The number of hydrogen-bond acceptors (Lipinski definition) is 6. The Hall–Kier alpha value is -1.32. The molecule has 2 saturated heterocycles. The monoisotopic (exact) mass is 446 g/mol. The highest BCUT2D eigenvalue weighted by Crippen LogP contribution is 2.31. The quantitative estimate of drug-likeness (QED) is 0.747. The van der Waals surface area contributed by atoms with Crippen LogP contribution >= 0.6 is 15.9 Å². The number of amides is 1. The lowest BCUT2D eigenvalue weighted by Gasteiger charge is -2.44. The molecule has 1 amide bonds. The second-order valence-corrected chi connectivity index (χ2v) is 8.80. The fourth-order valence-corrected chi connectivity index (χ4v) is 4.90. The van der Waals surface area contributed by atoms with Gasteiger partial charge in [0.1, 0.15) is 0 Å². The molecule has 2 atom stereocenters. The zero-order chi connectivity index (χ0) is 18.6. The summed E-state index contributed by atoms with van der Waals surface area (Å²) in [5.74, 6) is 0.347. The number of carbonyl (C=O) groups excluding carboxylic acids is 1. The van der Waals surface area contributed by atoms with Gasteiger partial charge in [-0.3, -0.25) is 4.90 Å². The van der Waals surface area contributed by atoms with Crippen molar-refractivity contribution >= 4 is 32.3 Å². The maximum atomic E-state index is 12.0. The number of piperidine rings is 2. The third-order valence-electron chi connectivity index (χ3n) is 4.90. The first-order chi connectivity index (χ1) is 12.4. The van der Waals surface area contributed by atoms with E-state index in [-0.39, 0.29) is 18.3 Å². The van der Waals surface area contributed by atoms with Gasteiger partial charge in [-0.15, -0.1) is 0 Å². The molecule has 26 heavy (non-hydrogen) atoms. The van der Waals surface area contributed by atoms with Gasteiger partial charge >= 0.3 is 16.4 Å². The molecule has 1 aromatic carbocycles. The second kappa shape index (κ2) is 8.58. The van der Waals surface area contributed by atoms with E-state index in [4.69, 9.17) is 8.92 Å². The molecule has 1 N–H and O–H groups in total. The number of nitrogens with one attached hydrogen (secondary N) is 1. The van der Waals surface area contributed by atoms with Crippen molar-refractivity contribution in [2.75, 3.05) is 19.7 Å². The van der Waals surface area contributed by atoms with E-state index in [2.05, 4.69) is 20.8 Å². The molecule has 9 heteroatoms. The van der Waals surface area contributed by atoms with Crippen LogP contribution in [0.1, 0.15) is 32.1 Å². The van der Waals surface area contributed by atoms with Crippen molar-refractivity contribution < 1.29 is 22.1 Å². The average Bonchev–Trinajstić information content (AvgIpc) is 2.61. The van der Waals surface area contributed by atoms with E-state index in [9.17, 15) is 13.2 Å². The molecule has 1 aromatic rings. The van der Waals surface area contributed by atoms with E-state index in [1.807, 2.05) is 0 Å². The number of fused-ring (bicyclic) bond motifs is 1. The van der Waals surface area contributed by atoms with Crippen LogP contribution in [0.25, 0.3) is 0 Å². The normalized spacial score (nSPS) is 23.7. The van der Waals surface area contributed by atoms with Crippen molar-refractivity contribution in [2.45, 2.75) is 38.1 Å². The largest absolute Gasteiger partial charge is 0.448 e. The molecular formula is C17H23BrN2O5S. The van der Waals surface area contributed by atoms with E-state index >= 15 is 0 Å². The van der Waals surface area contributed by atoms with Crippen LogP contribution in [0.2, 0.25) is 0 Å². The first-order valence-electron chi connectivity index (χ1n) is 8.82. The van der Waals surface area contributed by atoms with Crippen molar-refractivity contribution in [3.63, 3.8) is 0 Å². The lowest BCUT2D eigenvalue weighted by Crippen LogP contribution is -2.49. The lowest BCUT2D eigenvalue weighted by atomic mass is 9.84. The minimum absolute atomic E-state index is 0.0953. The van der Waals surface area contributed by atoms with Crippen molar-refractivity contribution in [3.8, 4) is 5.75 Å². The Morgan fingerprint density at radius 3 is 2.77 bits per heavy atom. The summed E-state index contributed by atoms with van der Waals surface area (Å²) in [6.45, 7) is 2.42. The standard InChI is InChI=1S/C17H23BrN2O5S/c18-14-7-1-2-9-16(14)25-26(22,23)19-17(21)24-12-13-6-5-11-20-10-4-3-8-15(13)20/h1-2,7,9,13,15H,3-6,8,10-12H2,(H,19,21)/t13-,15-/m0/s1. The molecule has 2 fully saturated rings. The van der Waals surface area contributed by atoms with Gasteiger partial charge in [0.15, 0.2) is 5.75 Å². The van der Waals surface area contributed by atoms with E-state index in [0.29, 0.717) is 10.5 Å². The molecule has 0 radical (unpaired) electrons. The molecule has 0 saturated carbocycles. The Balaban J connectivity index is 1.51. The summed E-state index contributed by atoms with van der Waals surface area (Å²) in [6.07, 6.45) is 4.58. The summed E-state index contributed by atoms with van der Waals surface area (Å²) in [5, 5.41) is 0. The fraction of sp³-hybridized carbons (Fsp3) is 0.588. The predicted molar refractivity (Wildman–Crippen MR) is 100 cm³/mol. The predicted octanol–water partition coefficient (Wildman–Crippen LogP) is 3.06. The van der Waals surface area contributed by atoms with Crippen LogP contribution in [0.3, 0.4) is 0 Å². The number of carbonyl (C=O) groups is 1. The van der Waals surface area contributed by atoms with Gasteiger partial charge in [0.2, 0.25) is 0 Å². The molecule has 2 aliphatic heterocycles. The van der Waals surface area contributed by atoms with Gasteiger partial charge in [0, 0.05) is 12.0 Å². The lowest BCUT2D eigenvalue weighted by molar-refractivity contribution is 0.0244. The first-order valence-corrected chi connectivity index (χ1v) is 11.0. The van der Waals surface area contributed by atoms with Crippen LogP contribution < -0.4 is 8.91 Å². The van der Waals surface area contributed by atoms with Crippen LogP contribution in [-0.4, -0.2) is 45.1 Å². The summed E-state index contributed by atoms with van der Waals surface area (Å²) in [6, 6.07) is 6.91. The van der Waals surface area contributed by atoms with Crippen LogP contribution in [0.5, 0.6) is 5.75 Å². The number of hydrogen-bond donors (Lipinski definition) is 1. The third kappa shape index (κ3) is 5.11. The molecule has 144 valence electrons. The first kappa shape index (κ1) is 19.4. The molecule has 2 aliphatic rings. The summed E-state index contributed by atoms with van der Waals surface area (Å²) in [7, 11) is -4.30. The minimum atomic E-state index is -4.30. The zero-order valence-electron chi connectivity index (χ0n) is 14.4. The van der Waals surface area contributed by atoms with Crippen LogP contribution in [-0.2, 0) is 15.0 Å². The summed E-state index contributed by atoms with van der Waals surface area (Å²) < 4.78 is 36.3. The Kier molecular flexibility index (Phi) is 6.42. The van der Waals surface area contributed by atoms with Gasteiger partial charge in [-0.1, -0.05) is 18.6 Å². The summed E-state index contributed by atoms with van der Waals surface area (Å²) >= 11 is 3.19. The molecule has 0 aromatic heterocycles. The molecule has 3 rings (SSSR count). The van der Waals surface area contributed by atoms with Gasteiger partial charge in [0.05, 0.1) is 11.1 Å². The highest BCUT2D eigenvalue weighted by atomic mass is 79.9. The maximum absolute atomic E-state index is 12.0. The summed E-state index contributed by atoms with van der Waals surface area (Å²) in [5.41, 5.74) is 0. The van der Waals surface area contributed by atoms with Gasteiger partial charge in [-0.05, 0) is 66.8 Å². The highest BCUT2D eigenvalue weighted by Gasteiger charge is 2.33. The smallest absolute Gasteiger partial charge is 0.423 e. The Bertz CT molecular complexity index is 740. The molecule has 0 aliphatic carbocycles. The molecule has 0 bridgehead atoms. The van der Waals surface area contributed by atoms with E-state index in [0.717, 1.165) is 32.4 Å². The highest BCUT2D eigenvalue weighted by molar-refractivity contribution is 9.10. The van der Waals surface area contributed by atoms with Gasteiger partial charge in [-0.2, -0.15) is 13.1 Å². The Morgan fingerprint density at radius 1 is 1.19 bits per heavy atom. The molecule has 2 heterocycles. The molecular weight excluding hydrogens is 424 g/mol. The van der Waals surface area contributed by atoms with Crippen molar-refractivity contribution in [1.29, 1.82) is 0 Å². The van der Waals surface area contributed by atoms with E-state index in [1.54, 1.807) is 22.9 Å². The topological polar surface area (TPSA) is 84.9 Å². The number of benzene rings is 1. The Morgan fingerprint density at radius 2 is 1.96 bits per heavy atom. The van der Waals surface area contributed by atoms with E-state index in [1.165, 1.54) is 18.9 Å². The van der Waals surface area contributed by atoms with Crippen molar-refractivity contribution in [1.82, 2.24) is 9.62 Å². The van der Waals surface area contributed by atoms with Crippen LogP contribution in [0.15, 0.2) is 28.7 Å². The second-order valence-electron chi connectivity index (χ2n) is 6.67. The fourth-order valence-electron chi connectivity index (χ4n) is 3.74. The third-order valence-corrected chi connectivity index (χ3v) is 6.37. The number of rotatable bonds is 5. The molecule has 7 nitrogen and oxygen atoms in total. The Labute approximate surface area is 162 Å². The molecule has 0 unspecified atom stereocenters. The number of para-hydroxylation sites is 1. The number of ether oxygens (including phenoxy) is 1. The zero-order valence-corrected chi connectivity index (χ0v) is 16.8. The van der Waals surface area contributed by atoms with Crippen LogP contribution in [0, 0.1) is 5.92 Å². The summed E-state index contributed by atoms with van der Waals surface area (Å²) in [4.78, 5) is 14.4. The molecule has 0 spiro atoms. The van der Waals surface area contributed by atoms with Crippen molar-refractivity contribution in [2.24, 2.45) is 5.92 Å². The van der Waals surface area contributed by atoms with Crippen molar-refractivity contribution in [3.05, 3.63) is 28.7 Å². The maximum Gasteiger partial charge on any atom is 0.423 e. The minimum Gasteiger partial charge on any atom is -0.448 e. The number of halogens is 1. The number of nitrogens with zero attached hydrogens (tertiary/aromatic N) is 1. The van der Waals surface area contributed by atoms with Gasteiger partial charge in [-0.25, -0.2) is 4.79 Å². The average molecular weight is 447 g/mol. The SMILES string of the molecule is O=C(NS(=O)(=O)Oc1ccccc1Br)OC[C@@H]1CCCN2CCCC[C@@H]12. The van der Waals surface area contributed by atoms with Gasteiger partial charge in [0.25, 0.3) is 0 Å². The van der Waals surface area contributed by atoms with E-state index < -0.39 is 16.4 Å².